The van der Waals surface area contributed by atoms with Crippen LogP contribution in [0.3, 0.4) is 0 Å². The van der Waals surface area contributed by atoms with Crippen molar-refractivity contribution in [2.45, 2.75) is 26.2 Å². The number of hydrogen-bond acceptors (Lipinski definition) is 2. The molecule has 0 saturated heterocycles. The lowest BCUT2D eigenvalue weighted by atomic mass is 9.92. The van der Waals surface area contributed by atoms with E-state index >= 15 is 0 Å². The lowest BCUT2D eigenvalue weighted by Gasteiger charge is -2.14. The molecule has 0 unspecified atom stereocenters. The van der Waals surface area contributed by atoms with Crippen molar-refractivity contribution < 1.29 is 9.18 Å². The standard InChI is InChI=1S/C20H19Cl2FN4O/c1-20(2,3)16-11-17(27(26-16)13-7-4-6-12(23)10-13)25-19(28)24-15-9-5-8-14(21)18(15)22/h4-11H,1-3H3,(H2,24,25,28). The predicted octanol–water partition coefficient (Wildman–Crippen LogP) is 6.26. The number of amides is 2. The Kier molecular flexibility index (Phi) is 5.63. The van der Waals surface area contributed by atoms with Crippen molar-refractivity contribution in [3.63, 3.8) is 0 Å². The summed E-state index contributed by atoms with van der Waals surface area (Å²) < 4.78 is 15.2. The second-order valence-electron chi connectivity index (χ2n) is 7.24. The topological polar surface area (TPSA) is 59.0 Å². The molecule has 8 heteroatoms. The number of hydrogen-bond donors (Lipinski definition) is 2. The minimum atomic E-state index is -0.526. The Morgan fingerprint density at radius 1 is 1.07 bits per heavy atom. The van der Waals surface area contributed by atoms with Crippen LogP contribution in [0, 0.1) is 5.82 Å². The summed E-state index contributed by atoms with van der Waals surface area (Å²) in [5, 5.41) is 10.5. The van der Waals surface area contributed by atoms with Gasteiger partial charge in [0.2, 0.25) is 0 Å². The maximum atomic E-state index is 13.7. The highest BCUT2D eigenvalue weighted by atomic mass is 35.5. The Bertz CT molecular complexity index is 1030. The Morgan fingerprint density at radius 2 is 1.79 bits per heavy atom. The predicted molar refractivity (Wildman–Crippen MR) is 111 cm³/mol. The first kappa shape index (κ1) is 20.2. The van der Waals surface area contributed by atoms with Crippen molar-refractivity contribution in [1.29, 1.82) is 0 Å². The van der Waals surface area contributed by atoms with Gasteiger partial charge in [-0.1, -0.05) is 56.1 Å². The van der Waals surface area contributed by atoms with Gasteiger partial charge in [-0.3, -0.25) is 5.32 Å². The van der Waals surface area contributed by atoms with E-state index in [1.807, 2.05) is 20.8 Å². The van der Waals surface area contributed by atoms with Gasteiger partial charge in [0.25, 0.3) is 0 Å². The van der Waals surface area contributed by atoms with Crippen LogP contribution >= 0.6 is 23.2 Å². The minimum absolute atomic E-state index is 0.244. The summed E-state index contributed by atoms with van der Waals surface area (Å²) in [5.41, 5.74) is 1.35. The molecule has 0 aliphatic carbocycles. The van der Waals surface area contributed by atoms with E-state index in [0.717, 1.165) is 5.69 Å². The molecule has 0 aliphatic heterocycles. The number of urea groups is 1. The molecule has 0 fully saturated rings. The van der Waals surface area contributed by atoms with Gasteiger partial charge in [0.15, 0.2) is 0 Å². The van der Waals surface area contributed by atoms with Crippen LogP contribution in [0.2, 0.25) is 10.0 Å². The Hall–Kier alpha value is -2.57. The van der Waals surface area contributed by atoms with Gasteiger partial charge >= 0.3 is 6.03 Å². The zero-order chi connectivity index (χ0) is 20.5. The van der Waals surface area contributed by atoms with E-state index in [1.165, 1.54) is 16.8 Å². The number of carbonyl (C=O) groups excluding carboxylic acids is 1. The third-order valence-electron chi connectivity index (χ3n) is 3.97. The van der Waals surface area contributed by atoms with E-state index in [4.69, 9.17) is 23.2 Å². The maximum absolute atomic E-state index is 13.7. The van der Waals surface area contributed by atoms with Crippen molar-refractivity contribution in [3.8, 4) is 5.69 Å². The molecule has 2 aromatic carbocycles. The molecule has 2 amide bonds. The van der Waals surface area contributed by atoms with Crippen LogP contribution in [0.5, 0.6) is 0 Å². The fourth-order valence-electron chi connectivity index (χ4n) is 2.51. The third kappa shape index (κ3) is 4.46. The van der Waals surface area contributed by atoms with E-state index < -0.39 is 11.8 Å². The smallest absolute Gasteiger partial charge is 0.306 e. The van der Waals surface area contributed by atoms with E-state index in [9.17, 15) is 9.18 Å². The molecule has 28 heavy (non-hydrogen) atoms. The normalized spacial score (nSPS) is 11.4. The molecule has 146 valence electrons. The number of carbonyl (C=O) groups is 1. The first-order valence-electron chi connectivity index (χ1n) is 8.53. The second kappa shape index (κ2) is 7.81. The SMILES string of the molecule is CC(C)(C)c1cc(NC(=O)Nc2cccc(Cl)c2Cl)n(-c2cccc(F)c2)n1. The van der Waals surface area contributed by atoms with Crippen LogP contribution in [0.15, 0.2) is 48.5 Å². The molecule has 1 heterocycles. The average molecular weight is 421 g/mol. The summed E-state index contributed by atoms with van der Waals surface area (Å²) in [4.78, 5) is 12.5. The molecule has 5 nitrogen and oxygen atoms in total. The van der Waals surface area contributed by atoms with Gasteiger partial charge in [0, 0.05) is 11.5 Å². The van der Waals surface area contributed by atoms with Gasteiger partial charge in [-0.2, -0.15) is 5.10 Å². The number of nitrogens with one attached hydrogen (secondary N) is 2. The highest BCUT2D eigenvalue weighted by Gasteiger charge is 2.22. The van der Waals surface area contributed by atoms with Gasteiger partial charge < -0.3 is 5.32 Å². The summed E-state index contributed by atoms with van der Waals surface area (Å²) in [6.45, 7) is 6.00. The zero-order valence-corrected chi connectivity index (χ0v) is 17.1. The zero-order valence-electron chi connectivity index (χ0n) is 15.6. The van der Waals surface area contributed by atoms with Gasteiger partial charge in [-0.15, -0.1) is 0 Å². The quantitative estimate of drug-likeness (QED) is 0.525. The van der Waals surface area contributed by atoms with E-state index in [2.05, 4.69) is 15.7 Å². The van der Waals surface area contributed by atoms with Crippen LogP contribution in [-0.2, 0) is 5.41 Å². The number of rotatable bonds is 3. The molecule has 2 N–H and O–H groups in total. The lowest BCUT2D eigenvalue weighted by molar-refractivity contribution is 0.262. The fourth-order valence-corrected chi connectivity index (χ4v) is 2.86. The molecular formula is C20H19Cl2FN4O. The Labute approximate surface area is 172 Å². The molecule has 0 saturated carbocycles. The molecule has 0 radical (unpaired) electrons. The van der Waals surface area contributed by atoms with Crippen molar-refractivity contribution >= 4 is 40.7 Å². The Morgan fingerprint density at radius 3 is 2.46 bits per heavy atom. The van der Waals surface area contributed by atoms with Crippen LogP contribution in [0.25, 0.3) is 5.69 Å². The largest absolute Gasteiger partial charge is 0.324 e. The number of benzene rings is 2. The summed E-state index contributed by atoms with van der Waals surface area (Å²) in [6, 6.07) is 12.2. The summed E-state index contributed by atoms with van der Waals surface area (Å²) in [6.07, 6.45) is 0. The molecule has 0 atom stereocenters. The summed E-state index contributed by atoms with van der Waals surface area (Å²) in [7, 11) is 0. The molecule has 0 spiro atoms. The minimum Gasteiger partial charge on any atom is -0.306 e. The van der Waals surface area contributed by atoms with Gasteiger partial charge in [-0.05, 0) is 30.3 Å². The number of halogens is 3. The van der Waals surface area contributed by atoms with Gasteiger partial charge in [0.05, 0.1) is 27.1 Å². The maximum Gasteiger partial charge on any atom is 0.324 e. The van der Waals surface area contributed by atoms with Gasteiger partial charge in [0.1, 0.15) is 11.6 Å². The van der Waals surface area contributed by atoms with Crippen LogP contribution < -0.4 is 10.6 Å². The first-order chi connectivity index (χ1) is 13.1. The average Bonchev–Trinajstić information content (AvgIpc) is 3.03. The highest BCUT2D eigenvalue weighted by molar-refractivity contribution is 6.44. The number of nitrogens with zero attached hydrogens (tertiary/aromatic N) is 2. The third-order valence-corrected chi connectivity index (χ3v) is 4.79. The van der Waals surface area contributed by atoms with Crippen molar-refractivity contribution in [2.75, 3.05) is 10.6 Å². The van der Waals surface area contributed by atoms with Gasteiger partial charge in [-0.25, -0.2) is 13.9 Å². The highest BCUT2D eigenvalue weighted by Crippen LogP contribution is 2.30. The summed E-state index contributed by atoms with van der Waals surface area (Å²) >= 11 is 12.1. The molecule has 0 aliphatic rings. The van der Waals surface area contributed by atoms with E-state index in [0.29, 0.717) is 22.2 Å². The van der Waals surface area contributed by atoms with Crippen LogP contribution in [0.1, 0.15) is 26.5 Å². The monoisotopic (exact) mass is 420 g/mol. The van der Waals surface area contributed by atoms with E-state index in [-0.39, 0.29) is 10.4 Å². The first-order valence-corrected chi connectivity index (χ1v) is 9.29. The number of aromatic nitrogens is 2. The van der Waals surface area contributed by atoms with Crippen molar-refractivity contribution in [2.24, 2.45) is 0 Å². The van der Waals surface area contributed by atoms with Crippen molar-refractivity contribution in [3.05, 3.63) is 70.1 Å². The molecular weight excluding hydrogens is 402 g/mol. The number of anilines is 2. The molecule has 1 aromatic heterocycles. The molecule has 3 rings (SSSR count). The van der Waals surface area contributed by atoms with Crippen LogP contribution in [-0.4, -0.2) is 15.8 Å². The molecule has 0 bridgehead atoms. The van der Waals surface area contributed by atoms with E-state index in [1.54, 1.807) is 36.4 Å². The second-order valence-corrected chi connectivity index (χ2v) is 8.02. The molecule has 3 aromatic rings. The summed E-state index contributed by atoms with van der Waals surface area (Å²) in [5.74, 6) is -0.00223. The fraction of sp³-hybridized carbons (Fsp3) is 0.200. The Balaban J connectivity index is 1.93. The van der Waals surface area contributed by atoms with Crippen molar-refractivity contribution in [1.82, 2.24) is 9.78 Å². The lowest BCUT2D eigenvalue weighted by Crippen LogP contribution is -2.21. The van der Waals surface area contributed by atoms with Crippen LogP contribution in [0.4, 0.5) is 20.7 Å².